The summed E-state index contributed by atoms with van der Waals surface area (Å²) in [6, 6.07) is 95.8. The second kappa shape index (κ2) is 15.5. The third kappa shape index (κ3) is 5.93. The van der Waals surface area contributed by atoms with Crippen LogP contribution in [0.25, 0.3) is 127 Å². The topological polar surface area (TPSA) is 24.6 Å². The summed E-state index contributed by atoms with van der Waals surface area (Å²) in [5.74, 6) is 0. The fourth-order valence-corrected chi connectivity index (χ4v) is 11.7. The molecule has 11 aromatic carbocycles. The zero-order chi connectivity index (χ0) is 46.6. The minimum absolute atomic E-state index is 1.07. The molecule has 8 bridgehead atoms. The molecular weight excluding hydrogens is 863 g/mol. The maximum Gasteiger partial charge on any atom is 0.0782 e. The highest BCUT2D eigenvalue weighted by Gasteiger charge is 2.21. The number of nitrogens with zero attached hydrogens (tertiary/aromatic N) is 5. The first-order chi connectivity index (χ1) is 35.2. The molecule has 4 aromatic heterocycles. The third-order valence-electron chi connectivity index (χ3n) is 14.7. The lowest BCUT2D eigenvalue weighted by atomic mass is 10.1. The molecule has 0 amide bonds. The van der Waals surface area contributed by atoms with Gasteiger partial charge in [-0.05, 0) is 132 Å². The van der Waals surface area contributed by atoms with Gasteiger partial charge in [0.15, 0.2) is 0 Å². The average Bonchev–Trinajstić information content (AvgIpc) is 4.08. The number of fused-ring (bicyclic) bond motifs is 13. The molecule has 0 unspecified atom stereocenters. The summed E-state index contributed by atoms with van der Waals surface area (Å²) in [5, 5.41) is 9.46. The first-order valence-electron chi connectivity index (χ1n) is 24.3. The predicted molar refractivity (Wildman–Crippen MR) is 298 cm³/mol. The van der Waals surface area contributed by atoms with Crippen LogP contribution < -0.4 is 0 Å². The van der Waals surface area contributed by atoms with E-state index in [9.17, 15) is 0 Å². The molecule has 0 aliphatic heterocycles. The normalized spacial score (nSPS) is 11.9. The molecule has 5 heteroatoms. The Bertz CT molecular complexity index is 4400. The number of hydrogen-bond donors (Lipinski definition) is 0. The van der Waals surface area contributed by atoms with Gasteiger partial charge in [0.05, 0.1) is 44.5 Å². The standard InChI is InChI=1S/C66H43N5/c1-4-20-46(21-5-1)69-61-38-36-51-42-57(61)58-43-52(37-39-62(58)69)68(64-35-17-31-56-54-29-11-13-33-60(54)71(66(56)64)48-24-8-3-9-25-48)50-27-15-19-45(41-50)44-18-14-26-49(40-44)67(51)63-34-16-30-55-53-28-10-12-32-59(53)70(65(55)63)47-22-6-2-7-23-47/h1-43H. The number of rotatable bonds is 5. The van der Waals surface area contributed by atoms with Gasteiger partial charge in [-0.25, -0.2) is 0 Å². The summed E-state index contributed by atoms with van der Waals surface area (Å²) in [6.07, 6.45) is 0. The second-order valence-corrected chi connectivity index (χ2v) is 18.6. The molecule has 0 atom stereocenters. The monoisotopic (exact) mass is 905 g/mol. The van der Waals surface area contributed by atoms with Crippen LogP contribution in [0.2, 0.25) is 0 Å². The first-order valence-corrected chi connectivity index (χ1v) is 24.3. The summed E-state index contributed by atoms with van der Waals surface area (Å²) in [6.45, 7) is 0. The molecule has 4 heterocycles. The Labute approximate surface area is 408 Å². The minimum atomic E-state index is 1.07. The zero-order valence-corrected chi connectivity index (χ0v) is 38.6. The molecule has 0 saturated heterocycles. The van der Waals surface area contributed by atoms with Crippen molar-refractivity contribution in [1.82, 2.24) is 22.8 Å². The van der Waals surface area contributed by atoms with Gasteiger partial charge >= 0.3 is 0 Å². The van der Waals surface area contributed by atoms with E-state index in [2.05, 4.69) is 284 Å². The van der Waals surface area contributed by atoms with Gasteiger partial charge in [-0.2, -0.15) is 0 Å². The number of hydrogen-bond acceptors (Lipinski definition) is 0. The molecule has 15 aromatic rings. The maximum absolute atomic E-state index is 2.48. The van der Waals surface area contributed by atoms with Gasteiger partial charge in [-0.15, -0.1) is 0 Å². The van der Waals surface area contributed by atoms with E-state index >= 15 is 0 Å². The number of para-hydroxylation sites is 7. The van der Waals surface area contributed by atoms with Crippen molar-refractivity contribution in [2.24, 2.45) is 0 Å². The summed E-state index contributed by atoms with van der Waals surface area (Å²) in [7, 11) is 0. The van der Waals surface area contributed by atoms with Crippen molar-refractivity contribution in [2.75, 3.05) is 0 Å². The minimum Gasteiger partial charge on any atom is -0.309 e. The number of aromatic nitrogens is 5. The molecule has 0 fully saturated rings. The highest BCUT2D eigenvalue weighted by Crippen LogP contribution is 2.41. The van der Waals surface area contributed by atoms with Crippen molar-refractivity contribution in [3.8, 4) is 28.4 Å². The summed E-state index contributed by atoms with van der Waals surface area (Å²) in [5.41, 5.74) is 16.8. The van der Waals surface area contributed by atoms with Crippen molar-refractivity contribution < 1.29 is 0 Å². The average molecular weight is 906 g/mol. The predicted octanol–water partition coefficient (Wildman–Crippen LogP) is 17.1. The quantitative estimate of drug-likeness (QED) is 0.164. The molecule has 0 N–H and O–H groups in total. The Morgan fingerprint density at radius 1 is 0.197 bits per heavy atom. The molecule has 15 rings (SSSR count). The Balaban J connectivity index is 1.14. The van der Waals surface area contributed by atoms with Crippen LogP contribution in [0.3, 0.4) is 0 Å². The van der Waals surface area contributed by atoms with Crippen LogP contribution >= 0.6 is 0 Å². The van der Waals surface area contributed by atoms with E-state index in [0.717, 1.165) is 83.3 Å². The zero-order valence-electron chi connectivity index (χ0n) is 38.6. The Morgan fingerprint density at radius 2 is 0.549 bits per heavy atom. The van der Waals surface area contributed by atoms with E-state index in [1.807, 2.05) is 0 Å². The van der Waals surface area contributed by atoms with Gasteiger partial charge in [0.25, 0.3) is 0 Å². The van der Waals surface area contributed by atoms with Gasteiger partial charge in [0.1, 0.15) is 0 Å². The summed E-state index contributed by atoms with van der Waals surface area (Å²) >= 11 is 0. The Kier molecular flexibility index (Phi) is 8.59. The van der Waals surface area contributed by atoms with E-state index < -0.39 is 0 Å². The van der Waals surface area contributed by atoms with Gasteiger partial charge < -0.3 is 22.8 Å². The van der Waals surface area contributed by atoms with Crippen LogP contribution in [0.5, 0.6) is 0 Å². The maximum atomic E-state index is 2.48. The molecule has 0 aliphatic rings. The van der Waals surface area contributed by atoms with Crippen molar-refractivity contribution >= 4 is 98.3 Å². The Hall–Kier alpha value is -9.58. The Morgan fingerprint density at radius 3 is 1.00 bits per heavy atom. The lowest BCUT2D eigenvalue weighted by molar-refractivity contribution is 1.12. The van der Waals surface area contributed by atoms with Crippen LogP contribution in [0.4, 0.5) is 0 Å². The molecule has 0 aliphatic carbocycles. The van der Waals surface area contributed by atoms with Crippen molar-refractivity contribution in [3.05, 3.63) is 261 Å². The third-order valence-corrected chi connectivity index (χ3v) is 14.7. The molecule has 332 valence electrons. The summed E-state index contributed by atoms with van der Waals surface area (Å²) < 4.78 is 12.3. The van der Waals surface area contributed by atoms with Crippen molar-refractivity contribution in [3.63, 3.8) is 0 Å². The fourth-order valence-electron chi connectivity index (χ4n) is 11.7. The van der Waals surface area contributed by atoms with E-state index in [4.69, 9.17) is 0 Å². The van der Waals surface area contributed by atoms with Crippen molar-refractivity contribution in [2.45, 2.75) is 0 Å². The van der Waals surface area contributed by atoms with Gasteiger partial charge in [0, 0.05) is 71.4 Å². The lowest BCUT2D eigenvalue weighted by Crippen LogP contribution is -2.02. The largest absolute Gasteiger partial charge is 0.309 e. The molecular formula is C66H43N5. The van der Waals surface area contributed by atoms with Crippen LogP contribution in [-0.2, 0) is 0 Å². The van der Waals surface area contributed by atoms with Gasteiger partial charge in [-0.3, -0.25) is 0 Å². The van der Waals surface area contributed by atoms with Crippen LogP contribution in [0.1, 0.15) is 0 Å². The van der Waals surface area contributed by atoms with E-state index in [0.29, 0.717) is 0 Å². The van der Waals surface area contributed by atoms with Gasteiger partial charge in [0.2, 0.25) is 0 Å². The van der Waals surface area contributed by atoms with Crippen LogP contribution in [0, 0.1) is 0 Å². The van der Waals surface area contributed by atoms with Crippen LogP contribution in [-0.4, -0.2) is 22.8 Å². The second-order valence-electron chi connectivity index (χ2n) is 18.6. The molecule has 5 nitrogen and oxygen atoms in total. The fraction of sp³-hybridized carbons (Fsp3) is 0. The van der Waals surface area contributed by atoms with E-state index in [1.54, 1.807) is 0 Å². The SMILES string of the molecule is c1ccc(-n2c3ccc4cc3c3cc(ccc32)n(-c2cccc3c5ccccc5n(-c5ccccc5)c23)c2cccc(c2)c2cccc(c2)n4-c2cccc3c4ccccc4n(-c4ccccc4)c23)cc1. The molecule has 0 saturated carbocycles. The first kappa shape index (κ1) is 39.4. The van der Waals surface area contributed by atoms with Gasteiger partial charge in [-0.1, -0.05) is 140 Å². The molecule has 0 radical (unpaired) electrons. The van der Waals surface area contributed by atoms with E-state index in [1.165, 1.54) is 43.4 Å². The highest BCUT2D eigenvalue weighted by atomic mass is 15.1. The van der Waals surface area contributed by atoms with E-state index in [-0.39, 0.29) is 0 Å². The molecule has 0 spiro atoms. The highest BCUT2D eigenvalue weighted by molar-refractivity contribution is 6.15. The van der Waals surface area contributed by atoms with Crippen LogP contribution in [0.15, 0.2) is 261 Å². The van der Waals surface area contributed by atoms with Crippen molar-refractivity contribution in [1.29, 1.82) is 0 Å². The molecule has 71 heavy (non-hydrogen) atoms. The smallest absolute Gasteiger partial charge is 0.0782 e. The lowest BCUT2D eigenvalue weighted by Gasteiger charge is -2.17. The summed E-state index contributed by atoms with van der Waals surface area (Å²) in [4.78, 5) is 0. The number of benzene rings is 11.